The van der Waals surface area contributed by atoms with E-state index in [0.717, 1.165) is 27.7 Å². The average molecular weight is 529 g/mol. The number of esters is 4. The van der Waals surface area contributed by atoms with E-state index < -0.39 is 66.9 Å². The molecule has 0 bridgehead atoms. The van der Waals surface area contributed by atoms with E-state index in [1.165, 1.54) is 11.0 Å². The predicted octanol–water partition coefficient (Wildman–Crippen LogP) is -2.01. The van der Waals surface area contributed by atoms with Gasteiger partial charge in [0.05, 0.1) is 31.1 Å². The Bertz CT molecular complexity index is 1010. The summed E-state index contributed by atoms with van der Waals surface area (Å²) in [4.78, 5) is 61.7. The number of nitrogens with one attached hydrogen (secondary N) is 1. The number of rotatable bonds is 8. The summed E-state index contributed by atoms with van der Waals surface area (Å²) in [5.41, 5.74) is 0. The number of morpholine rings is 1. The van der Waals surface area contributed by atoms with Gasteiger partial charge in [-0.05, 0) is 0 Å². The Morgan fingerprint density at radius 2 is 1.54 bits per heavy atom. The highest BCUT2D eigenvalue weighted by Gasteiger charge is 2.54. The fraction of sp³-hybridized carbons (Fsp3) is 0.667. The van der Waals surface area contributed by atoms with Crippen LogP contribution in [-0.4, -0.2) is 98.5 Å². The van der Waals surface area contributed by atoms with E-state index in [2.05, 4.69) is 10.6 Å². The molecule has 2 saturated heterocycles. The third kappa shape index (κ3) is 7.60. The number of hydrogen-bond donors (Lipinski definition) is 1. The molecular formula is C21H29N4O12+. The Hall–Kier alpha value is -3.79. The molecule has 2 fully saturated rings. The molecule has 1 amide bonds. The third-order valence-electron chi connectivity index (χ3n) is 5.23. The van der Waals surface area contributed by atoms with E-state index in [9.17, 15) is 24.0 Å². The number of amides is 1. The van der Waals surface area contributed by atoms with Crippen LogP contribution >= 0.6 is 0 Å². The molecule has 2 aliphatic heterocycles. The first kappa shape index (κ1) is 27.8. The zero-order chi connectivity index (χ0) is 27.1. The van der Waals surface area contributed by atoms with Gasteiger partial charge in [-0.3, -0.25) is 33.8 Å². The minimum atomic E-state index is -1.59. The Kier molecular flexibility index (Phi) is 9.35. The van der Waals surface area contributed by atoms with Crippen LogP contribution in [0.4, 0.5) is 5.88 Å². The second-order valence-electron chi connectivity index (χ2n) is 8.16. The lowest BCUT2D eigenvalue weighted by molar-refractivity contribution is -0.759. The lowest BCUT2D eigenvalue weighted by Crippen LogP contribution is -2.64. The van der Waals surface area contributed by atoms with Crippen LogP contribution in [0.25, 0.3) is 0 Å². The van der Waals surface area contributed by atoms with Gasteiger partial charge in [0, 0.05) is 27.7 Å². The molecule has 2 aliphatic rings. The zero-order valence-corrected chi connectivity index (χ0v) is 20.7. The SMILES string of the molecule is CC(=O)OC[C@H]1O[C@@H](C(=O)Nc2c[n+](N3CCOCC3)no2)[C@H](OC(C)=O)[C@@H](OC(C)=O)[C@@H]1OC(C)=O. The van der Waals surface area contributed by atoms with Crippen LogP contribution < -0.4 is 15.1 Å². The molecule has 0 spiro atoms. The number of carbonyl (C=O) groups is 5. The molecule has 0 unspecified atom stereocenters. The van der Waals surface area contributed by atoms with Gasteiger partial charge in [0.2, 0.25) is 5.27 Å². The van der Waals surface area contributed by atoms with Crippen LogP contribution in [0, 0.1) is 0 Å². The van der Waals surface area contributed by atoms with E-state index in [1.54, 1.807) is 0 Å². The molecule has 3 heterocycles. The van der Waals surface area contributed by atoms with Gasteiger partial charge in [0.25, 0.3) is 12.1 Å². The van der Waals surface area contributed by atoms with Crippen molar-refractivity contribution >= 4 is 35.7 Å². The van der Waals surface area contributed by atoms with Crippen molar-refractivity contribution < 1.29 is 61.7 Å². The number of aromatic nitrogens is 2. The minimum absolute atomic E-state index is 0.0654. The van der Waals surface area contributed by atoms with Crippen molar-refractivity contribution in [2.75, 3.05) is 43.2 Å². The summed E-state index contributed by atoms with van der Waals surface area (Å²) in [6.07, 6.45) is -5.82. The average Bonchev–Trinajstić information content (AvgIpc) is 3.28. The number of nitrogens with zero attached hydrogens (tertiary/aromatic N) is 3. The van der Waals surface area contributed by atoms with Crippen molar-refractivity contribution in [3.05, 3.63) is 6.20 Å². The molecule has 0 radical (unpaired) electrons. The largest absolute Gasteiger partial charge is 0.463 e. The molecular weight excluding hydrogens is 500 g/mol. The van der Waals surface area contributed by atoms with E-state index in [-0.39, 0.29) is 5.88 Å². The van der Waals surface area contributed by atoms with E-state index in [0.29, 0.717) is 26.3 Å². The highest BCUT2D eigenvalue weighted by molar-refractivity contribution is 5.93. The number of hydrogen-bond acceptors (Lipinski definition) is 14. The summed E-state index contributed by atoms with van der Waals surface area (Å²) in [5, 5.41) is 8.14. The minimum Gasteiger partial charge on any atom is -0.463 e. The second kappa shape index (κ2) is 12.4. The lowest BCUT2D eigenvalue weighted by Gasteiger charge is -2.43. The topological polar surface area (TPSA) is 186 Å². The summed E-state index contributed by atoms with van der Waals surface area (Å²) in [5.74, 6) is -4.02. The molecule has 16 heteroatoms. The van der Waals surface area contributed by atoms with E-state index >= 15 is 0 Å². The monoisotopic (exact) mass is 529 g/mol. The maximum absolute atomic E-state index is 13.3. The molecule has 0 aliphatic carbocycles. The quantitative estimate of drug-likeness (QED) is 0.221. The maximum atomic E-state index is 13.3. The second-order valence-corrected chi connectivity index (χ2v) is 8.16. The fourth-order valence-electron chi connectivity index (χ4n) is 3.82. The highest BCUT2D eigenvalue weighted by atomic mass is 16.7. The Labute approximate surface area is 210 Å². The smallest absolute Gasteiger partial charge is 0.305 e. The fourth-order valence-corrected chi connectivity index (χ4v) is 3.82. The molecule has 0 saturated carbocycles. The van der Waals surface area contributed by atoms with E-state index in [1.807, 2.05) is 5.01 Å². The van der Waals surface area contributed by atoms with Crippen LogP contribution in [0.3, 0.4) is 0 Å². The van der Waals surface area contributed by atoms with Crippen LogP contribution in [0.2, 0.25) is 0 Å². The van der Waals surface area contributed by atoms with Crippen molar-refractivity contribution in [3.63, 3.8) is 0 Å². The summed E-state index contributed by atoms with van der Waals surface area (Å²) >= 11 is 0. The van der Waals surface area contributed by atoms with Gasteiger partial charge in [-0.2, -0.15) is 0 Å². The highest BCUT2D eigenvalue weighted by Crippen LogP contribution is 2.30. The van der Waals surface area contributed by atoms with Crippen molar-refractivity contribution in [2.45, 2.75) is 58.2 Å². The number of ether oxygens (including phenoxy) is 6. The molecule has 1 aromatic rings. The van der Waals surface area contributed by atoms with Crippen LogP contribution in [0.1, 0.15) is 27.7 Å². The van der Waals surface area contributed by atoms with Crippen molar-refractivity contribution in [2.24, 2.45) is 0 Å². The lowest BCUT2D eigenvalue weighted by atomic mass is 9.93. The molecule has 16 nitrogen and oxygen atoms in total. The summed E-state index contributed by atoms with van der Waals surface area (Å²) < 4.78 is 37.1. The van der Waals surface area contributed by atoms with Crippen LogP contribution in [0.15, 0.2) is 10.7 Å². The van der Waals surface area contributed by atoms with Gasteiger partial charge in [0.1, 0.15) is 12.7 Å². The summed E-state index contributed by atoms with van der Waals surface area (Å²) in [6, 6.07) is 0. The Morgan fingerprint density at radius 1 is 0.946 bits per heavy atom. The molecule has 3 rings (SSSR count). The number of carbonyl (C=O) groups excluding carboxylic acids is 5. The van der Waals surface area contributed by atoms with Gasteiger partial charge >= 0.3 is 29.8 Å². The molecule has 1 N–H and O–H groups in total. The standard InChI is InChI=1S/C21H28N4O12/c1-11(26)32-10-15-17(33-12(2)27)18(34-13(3)28)19(35-14(4)29)20(36-15)21(30)22-16-9-25(23-37-16)24-5-7-31-8-6-24/h9,15,17-20H,5-8,10H2,1-4H3/p+1/t15-,17-,18+,19-,20-/m1/s1. The molecule has 0 aromatic carbocycles. The molecule has 37 heavy (non-hydrogen) atoms. The Morgan fingerprint density at radius 3 is 2.14 bits per heavy atom. The maximum Gasteiger partial charge on any atom is 0.305 e. The van der Waals surface area contributed by atoms with Gasteiger partial charge in [-0.15, -0.1) is 5.01 Å². The summed E-state index contributed by atoms with van der Waals surface area (Å²) in [7, 11) is 0. The first-order chi connectivity index (χ1) is 17.5. The van der Waals surface area contributed by atoms with Gasteiger partial charge in [-0.25, -0.2) is 0 Å². The Balaban J connectivity index is 1.88. The van der Waals surface area contributed by atoms with Crippen molar-refractivity contribution in [1.29, 1.82) is 0 Å². The predicted molar refractivity (Wildman–Crippen MR) is 116 cm³/mol. The zero-order valence-electron chi connectivity index (χ0n) is 20.7. The van der Waals surface area contributed by atoms with Crippen LogP contribution in [0.5, 0.6) is 0 Å². The molecule has 5 atom stereocenters. The van der Waals surface area contributed by atoms with Crippen molar-refractivity contribution in [1.82, 2.24) is 5.27 Å². The molecule has 204 valence electrons. The van der Waals surface area contributed by atoms with Gasteiger partial charge < -0.3 is 28.4 Å². The first-order valence-corrected chi connectivity index (χ1v) is 11.4. The first-order valence-electron chi connectivity index (χ1n) is 11.4. The normalized spacial score (nSPS) is 25.5. The van der Waals surface area contributed by atoms with Gasteiger partial charge in [0.15, 0.2) is 24.4 Å². The van der Waals surface area contributed by atoms with Crippen molar-refractivity contribution in [3.8, 4) is 0 Å². The van der Waals surface area contributed by atoms with E-state index in [4.69, 9.17) is 32.9 Å². The summed E-state index contributed by atoms with van der Waals surface area (Å²) in [6.45, 7) is 6.02. The van der Waals surface area contributed by atoms with Gasteiger partial charge in [-0.1, -0.05) is 0 Å². The third-order valence-corrected chi connectivity index (χ3v) is 5.23. The number of anilines is 1. The molecule has 1 aromatic heterocycles. The van der Waals surface area contributed by atoms with Crippen LogP contribution in [-0.2, 0) is 52.4 Å².